The van der Waals surface area contributed by atoms with Crippen LogP contribution in [0, 0.1) is 11.3 Å². The summed E-state index contributed by atoms with van der Waals surface area (Å²) in [4.78, 5) is 0. The van der Waals surface area contributed by atoms with E-state index in [2.05, 4.69) is 6.58 Å². The van der Waals surface area contributed by atoms with Gasteiger partial charge < -0.3 is 0 Å². The van der Waals surface area contributed by atoms with Gasteiger partial charge in [-0.3, -0.25) is 0 Å². The largest absolute Gasteiger partial charge is 0.509 e. The number of nitriles is 1. The fraction of sp³-hybridized carbons (Fsp3) is 0.500. The Bertz CT molecular complexity index is 162. The Morgan fingerprint density at radius 3 is 3.00 bits per heavy atom. The lowest BCUT2D eigenvalue weighted by Gasteiger charge is -1.80. The zero-order valence-corrected chi connectivity index (χ0v) is 6.51. The van der Waals surface area contributed by atoms with Crippen LogP contribution >= 0.6 is 8.03 Å². The average molecular weight is 158 g/mol. The zero-order valence-electron chi connectivity index (χ0n) is 5.62. The predicted molar refractivity (Wildman–Crippen MR) is 38.9 cm³/mol. The third kappa shape index (κ3) is 5.43. The van der Waals surface area contributed by atoms with E-state index < -0.39 is 8.03 Å². The summed E-state index contributed by atoms with van der Waals surface area (Å²) in [6, 6.07) is 1.89. The monoisotopic (exact) mass is 158 g/mol. The molecule has 0 rings (SSSR count). The first-order valence-electron chi connectivity index (χ1n) is 2.86. The van der Waals surface area contributed by atoms with E-state index in [-0.39, 0.29) is 6.42 Å². The van der Waals surface area contributed by atoms with Gasteiger partial charge in [-0.2, -0.15) is 5.26 Å². The van der Waals surface area contributed by atoms with E-state index in [1.54, 1.807) is 0 Å². The minimum Gasteiger partial charge on any atom is -0.198 e. The topological polar surface area (TPSA) is 50.1 Å². The highest BCUT2D eigenvalue weighted by molar-refractivity contribution is 7.39. The number of hydrogen-bond acceptors (Lipinski definition) is 3. The maximum Gasteiger partial charge on any atom is 0.509 e. The summed E-state index contributed by atoms with van der Waals surface area (Å²) in [7, 11) is -1.64. The van der Waals surface area contributed by atoms with Crippen LogP contribution in [-0.2, 0) is 9.09 Å². The van der Waals surface area contributed by atoms with E-state index in [0.717, 1.165) is 0 Å². The Morgan fingerprint density at radius 1 is 1.80 bits per heavy atom. The van der Waals surface area contributed by atoms with Crippen molar-refractivity contribution < 1.29 is 9.09 Å². The maximum absolute atomic E-state index is 10.7. The molecular weight excluding hydrogens is 149 g/mol. The van der Waals surface area contributed by atoms with Crippen molar-refractivity contribution in [3.63, 3.8) is 0 Å². The van der Waals surface area contributed by atoms with Crippen LogP contribution in [0.3, 0.4) is 0 Å². The molecule has 0 aromatic carbocycles. The maximum atomic E-state index is 10.7. The molecule has 0 aromatic heterocycles. The summed E-state index contributed by atoms with van der Waals surface area (Å²) in [6.45, 7) is 3.69. The molecule has 0 aromatic rings. The molecule has 0 saturated heterocycles. The number of nitrogens with zero attached hydrogens (tertiary/aromatic N) is 1. The summed E-state index contributed by atoms with van der Waals surface area (Å²) in [6.07, 6.45) is 2.13. The van der Waals surface area contributed by atoms with Crippen LogP contribution in [0.1, 0.15) is 6.42 Å². The molecule has 0 aliphatic heterocycles. The molecule has 0 spiro atoms. The lowest BCUT2D eigenvalue weighted by atomic mass is 10.6. The van der Waals surface area contributed by atoms with Gasteiger partial charge in [-0.25, -0.2) is 0 Å². The summed E-state index contributed by atoms with van der Waals surface area (Å²) in [5.74, 6) is 0. The van der Waals surface area contributed by atoms with Gasteiger partial charge in [0.1, 0.15) is 6.61 Å². The fourth-order valence-corrected chi connectivity index (χ4v) is 1.03. The second-order valence-electron chi connectivity index (χ2n) is 1.55. The molecule has 0 N–H and O–H groups in total. The third-order valence-electron chi connectivity index (χ3n) is 0.743. The van der Waals surface area contributed by atoms with Crippen molar-refractivity contribution in [2.45, 2.75) is 6.42 Å². The Labute approximate surface area is 61.2 Å². The normalized spacial score (nSPS) is 10.1. The zero-order chi connectivity index (χ0) is 7.82. The second kappa shape index (κ2) is 6.41. The molecule has 0 fully saturated rings. The predicted octanol–water partition coefficient (Wildman–Crippen LogP) is 1.85. The van der Waals surface area contributed by atoms with E-state index in [1.807, 2.05) is 6.07 Å². The first-order chi connectivity index (χ1) is 4.81. The van der Waals surface area contributed by atoms with Crippen molar-refractivity contribution in [3.8, 4) is 6.07 Å². The van der Waals surface area contributed by atoms with Gasteiger partial charge in [-0.15, -0.1) is 11.1 Å². The molecule has 1 atom stereocenters. The Balaban J connectivity index is 3.27. The molecule has 0 heterocycles. The summed E-state index contributed by atoms with van der Waals surface area (Å²) in [5, 5.41) is 8.09. The summed E-state index contributed by atoms with van der Waals surface area (Å²) < 4.78 is 15.4. The summed E-state index contributed by atoms with van der Waals surface area (Å²) >= 11 is 0. The van der Waals surface area contributed by atoms with Crippen LogP contribution in [0.15, 0.2) is 12.7 Å². The van der Waals surface area contributed by atoms with Crippen molar-refractivity contribution in [2.24, 2.45) is 0 Å². The number of hydrogen-bond donors (Lipinski definition) is 0. The van der Waals surface area contributed by atoms with Crippen LogP contribution < -0.4 is 0 Å². The minimum atomic E-state index is -1.64. The molecule has 0 aliphatic carbocycles. The van der Waals surface area contributed by atoms with Gasteiger partial charge in [0.25, 0.3) is 0 Å². The van der Waals surface area contributed by atoms with Gasteiger partial charge in [0.15, 0.2) is 6.16 Å². The Kier molecular flexibility index (Phi) is 5.96. The standard InChI is InChI=1S/C6H9NO2P/c1-2-5-9-10(8)6-3-4-7/h2H,1,3,5-6H2/q+1. The molecule has 0 saturated carbocycles. The van der Waals surface area contributed by atoms with Gasteiger partial charge >= 0.3 is 8.03 Å². The molecule has 3 nitrogen and oxygen atoms in total. The lowest BCUT2D eigenvalue weighted by molar-refractivity contribution is 0.371. The molecule has 1 unspecified atom stereocenters. The average Bonchev–Trinajstić information content (AvgIpc) is 1.97. The number of rotatable bonds is 5. The molecule has 10 heavy (non-hydrogen) atoms. The van der Waals surface area contributed by atoms with Crippen molar-refractivity contribution in [2.75, 3.05) is 12.8 Å². The van der Waals surface area contributed by atoms with Gasteiger partial charge in [0, 0.05) is 0 Å². The van der Waals surface area contributed by atoms with Crippen LogP contribution in [0.25, 0.3) is 0 Å². The highest BCUT2D eigenvalue weighted by atomic mass is 31.1. The van der Waals surface area contributed by atoms with Gasteiger partial charge in [-0.05, 0) is 4.57 Å². The lowest BCUT2D eigenvalue weighted by Crippen LogP contribution is -1.82. The van der Waals surface area contributed by atoms with Gasteiger partial charge in [0.2, 0.25) is 0 Å². The molecule has 0 radical (unpaired) electrons. The molecular formula is C6H9NO2P+. The Hall–Kier alpha value is -0.710. The van der Waals surface area contributed by atoms with Crippen LogP contribution in [0.2, 0.25) is 0 Å². The van der Waals surface area contributed by atoms with Crippen LogP contribution in [0.4, 0.5) is 0 Å². The molecule has 0 bridgehead atoms. The first-order valence-corrected chi connectivity index (χ1v) is 4.23. The van der Waals surface area contributed by atoms with Crippen LogP contribution in [-0.4, -0.2) is 12.8 Å². The van der Waals surface area contributed by atoms with Crippen molar-refractivity contribution in [1.29, 1.82) is 5.26 Å². The van der Waals surface area contributed by atoms with Crippen LogP contribution in [0.5, 0.6) is 0 Å². The van der Waals surface area contributed by atoms with E-state index in [9.17, 15) is 4.57 Å². The fourth-order valence-electron chi connectivity index (χ4n) is 0.342. The molecule has 0 aliphatic rings. The first kappa shape index (κ1) is 9.29. The van der Waals surface area contributed by atoms with E-state index in [0.29, 0.717) is 12.8 Å². The summed E-state index contributed by atoms with van der Waals surface area (Å²) in [5.41, 5.74) is 0. The van der Waals surface area contributed by atoms with Crippen molar-refractivity contribution in [3.05, 3.63) is 12.7 Å². The highest BCUT2D eigenvalue weighted by Crippen LogP contribution is 2.21. The molecule has 0 amide bonds. The van der Waals surface area contributed by atoms with Gasteiger partial charge in [0.05, 0.1) is 12.5 Å². The minimum absolute atomic E-state index is 0.284. The third-order valence-corrected chi connectivity index (χ3v) is 1.77. The quantitative estimate of drug-likeness (QED) is 0.453. The highest BCUT2D eigenvalue weighted by Gasteiger charge is 2.14. The SMILES string of the molecule is C=CCO[P+](=O)CCC#N. The van der Waals surface area contributed by atoms with E-state index in [1.165, 1.54) is 6.08 Å². The molecule has 4 heteroatoms. The van der Waals surface area contributed by atoms with Crippen molar-refractivity contribution >= 4 is 8.03 Å². The van der Waals surface area contributed by atoms with Gasteiger partial charge in [-0.1, -0.05) is 6.08 Å². The smallest absolute Gasteiger partial charge is 0.198 e. The van der Waals surface area contributed by atoms with E-state index >= 15 is 0 Å². The van der Waals surface area contributed by atoms with E-state index in [4.69, 9.17) is 9.79 Å². The molecule has 54 valence electrons. The second-order valence-corrected chi connectivity index (χ2v) is 2.92. The Morgan fingerprint density at radius 2 is 2.50 bits per heavy atom. The van der Waals surface area contributed by atoms with Crippen molar-refractivity contribution in [1.82, 2.24) is 0 Å².